The minimum Gasteiger partial charge on any atom is -0.274 e. The lowest BCUT2D eigenvalue weighted by atomic mass is 9.79. The molecule has 2 rings (SSSR count). The van der Waals surface area contributed by atoms with Gasteiger partial charge in [0.05, 0.1) is 12.0 Å². The Kier molecular flexibility index (Phi) is 2.94. The maximum absolute atomic E-state index is 11.5. The lowest BCUT2D eigenvalue weighted by Crippen LogP contribution is -2.60. The first kappa shape index (κ1) is 13.4. The van der Waals surface area contributed by atoms with Crippen LogP contribution in [0.2, 0.25) is 0 Å². The van der Waals surface area contributed by atoms with Gasteiger partial charge < -0.3 is 0 Å². The van der Waals surface area contributed by atoms with Crippen molar-refractivity contribution in [2.24, 2.45) is 0 Å². The zero-order valence-electron chi connectivity index (χ0n) is 10.4. The van der Waals surface area contributed by atoms with E-state index in [1.165, 1.54) is 0 Å². The Bertz CT molecular complexity index is 626. The van der Waals surface area contributed by atoms with Crippen LogP contribution in [0.5, 0.6) is 0 Å². The SMILES string of the molecule is Cc1ccc(C)c(C2(C)CC(=O)N2S(=O)(=O)Cl)c1. The van der Waals surface area contributed by atoms with E-state index in [0.29, 0.717) is 0 Å². The van der Waals surface area contributed by atoms with Gasteiger partial charge in [-0.05, 0) is 31.9 Å². The molecular formula is C12H14ClNO3S. The normalized spacial score (nSPS) is 24.0. The molecule has 0 N–H and O–H groups in total. The molecular weight excluding hydrogens is 274 g/mol. The molecule has 4 nitrogen and oxygen atoms in total. The highest BCUT2D eigenvalue weighted by Gasteiger charge is 2.54. The van der Waals surface area contributed by atoms with Gasteiger partial charge >= 0.3 is 9.24 Å². The second-order valence-corrected chi connectivity index (χ2v) is 7.23. The van der Waals surface area contributed by atoms with Gasteiger partial charge in [0.25, 0.3) is 0 Å². The highest BCUT2D eigenvalue weighted by atomic mass is 35.7. The number of carbonyl (C=O) groups is 1. The fourth-order valence-electron chi connectivity index (χ4n) is 2.51. The van der Waals surface area contributed by atoms with Gasteiger partial charge in [0.1, 0.15) is 0 Å². The van der Waals surface area contributed by atoms with E-state index in [4.69, 9.17) is 10.7 Å². The third-order valence-corrected chi connectivity index (χ3v) is 4.82. The lowest BCUT2D eigenvalue weighted by Gasteiger charge is -2.47. The molecule has 1 aliphatic rings. The van der Waals surface area contributed by atoms with Crippen LogP contribution in [-0.4, -0.2) is 18.6 Å². The Labute approximate surface area is 111 Å². The molecule has 1 fully saturated rings. The van der Waals surface area contributed by atoms with Crippen molar-refractivity contribution in [1.82, 2.24) is 4.31 Å². The molecule has 6 heteroatoms. The number of rotatable bonds is 2. The van der Waals surface area contributed by atoms with Crippen molar-refractivity contribution in [3.05, 3.63) is 34.9 Å². The van der Waals surface area contributed by atoms with Crippen molar-refractivity contribution >= 4 is 25.8 Å². The molecule has 0 aliphatic carbocycles. The highest BCUT2D eigenvalue weighted by Crippen LogP contribution is 2.45. The topological polar surface area (TPSA) is 54.5 Å². The molecule has 1 unspecified atom stereocenters. The first-order chi connectivity index (χ1) is 8.16. The largest absolute Gasteiger partial charge is 0.324 e. The minimum absolute atomic E-state index is 0.156. The van der Waals surface area contributed by atoms with E-state index in [2.05, 4.69) is 0 Å². The van der Waals surface area contributed by atoms with Crippen LogP contribution in [0.15, 0.2) is 18.2 Å². The second-order valence-electron chi connectivity index (χ2n) is 4.87. The first-order valence-electron chi connectivity index (χ1n) is 5.52. The Hall–Kier alpha value is -1.07. The van der Waals surface area contributed by atoms with Crippen molar-refractivity contribution in [1.29, 1.82) is 0 Å². The van der Waals surface area contributed by atoms with E-state index >= 15 is 0 Å². The summed E-state index contributed by atoms with van der Waals surface area (Å²) in [5.74, 6) is -0.464. The number of β-lactam (4-membered cyclic amide) rings is 1. The van der Waals surface area contributed by atoms with E-state index in [1.807, 2.05) is 32.0 Å². The van der Waals surface area contributed by atoms with Gasteiger partial charge in [0, 0.05) is 10.7 Å². The van der Waals surface area contributed by atoms with Crippen molar-refractivity contribution in [2.75, 3.05) is 0 Å². The van der Waals surface area contributed by atoms with Crippen molar-refractivity contribution in [3.63, 3.8) is 0 Å². The zero-order chi connectivity index (χ0) is 13.7. The first-order valence-corrected chi connectivity index (χ1v) is 7.78. The van der Waals surface area contributed by atoms with Crippen LogP contribution in [-0.2, 0) is 19.6 Å². The summed E-state index contributed by atoms with van der Waals surface area (Å²) in [5.41, 5.74) is 1.92. The molecule has 1 aromatic carbocycles. The molecule has 98 valence electrons. The van der Waals surface area contributed by atoms with Crippen molar-refractivity contribution in [3.8, 4) is 0 Å². The van der Waals surface area contributed by atoms with Gasteiger partial charge in [0.15, 0.2) is 0 Å². The van der Waals surface area contributed by atoms with Crippen LogP contribution in [0.4, 0.5) is 0 Å². The minimum atomic E-state index is -4.04. The van der Waals surface area contributed by atoms with Gasteiger partial charge in [-0.3, -0.25) is 4.79 Å². The average molecular weight is 288 g/mol. The number of halogens is 1. The molecule has 0 bridgehead atoms. The Morgan fingerprint density at radius 3 is 2.44 bits per heavy atom. The summed E-state index contributed by atoms with van der Waals surface area (Å²) in [6.45, 7) is 5.53. The fraction of sp³-hybridized carbons (Fsp3) is 0.417. The third kappa shape index (κ3) is 1.91. The predicted octanol–water partition coefficient (Wildman–Crippen LogP) is 2.23. The molecule has 0 radical (unpaired) electrons. The summed E-state index contributed by atoms with van der Waals surface area (Å²) >= 11 is 0. The third-order valence-electron chi connectivity index (χ3n) is 3.36. The Morgan fingerprint density at radius 1 is 1.33 bits per heavy atom. The van der Waals surface area contributed by atoms with Crippen LogP contribution >= 0.6 is 10.7 Å². The second kappa shape index (κ2) is 3.96. The van der Waals surface area contributed by atoms with E-state index in [1.54, 1.807) is 6.92 Å². The number of carbonyl (C=O) groups excluding carboxylic acids is 1. The average Bonchev–Trinajstić information content (AvgIpc) is 2.17. The molecule has 18 heavy (non-hydrogen) atoms. The molecule has 0 saturated carbocycles. The van der Waals surface area contributed by atoms with Crippen molar-refractivity contribution in [2.45, 2.75) is 32.7 Å². The lowest BCUT2D eigenvalue weighted by molar-refractivity contribution is -0.144. The van der Waals surface area contributed by atoms with Gasteiger partial charge in [-0.2, -0.15) is 8.42 Å². The van der Waals surface area contributed by atoms with Crippen LogP contribution in [0.25, 0.3) is 0 Å². The van der Waals surface area contributed by atoms with Gasteiger partial charge in [-0.25, -0.2) is 4.31 Å². The van der Waals surface area contributed by atoms with Gasteiger partial charge in [-0.15, -0.1) is 0 Å². The quantitative estimate of drug-likeness (QED) is 0.619. The maximum atomic E-state index is 11.5. The molecule has 0 aromatic heterocycles. The molecule has 1 heterocycles. The molecule has 0 spiro atoms. The summed E-state index contributed by atoms with van der Waals surface area (Å²) in [5, 5.41) is 0. The maximum Gasteiger partial charge on any atom is 0.324 e. The van der Waals surface area contributed by atoms with Crippen LogP contribution in [0, 0.1) is 13.8 Å². The smallest absolute Gasteiger partial charge is 0.274 e. The summed E-state index contributed by atoms with van der Waals surface area (Å²) in [7, 11) is 1.29. The number of hydrogen-bond acceptors (Lipinski definition) is 3. The zero-order valence-corrected chi connectivity index (χ0v) is 12.0. The predicted molar refractivity (Wildman–Crippen MR) is 69.5 cm³/mol. The summed E-state index contributed by atoms with van der Waals surface area (Å²) < 4.78 is 23.7. The van der Waals surface area contributed by atoms with E-state index in [-0.39, 0.29) is 6.42 Å². The number of amides is 1. The molecule has 1 aliphatic heterocycles. The Balaban J connectivity index is 2.56. The number of aryl methyl sites for hydroxylation is 2. The van der Waals surface area contributed by atoms with E-state index in [9.17, 15) is 13.2 Å². The number of hydrogen-bond donors (Lipinski definition) is 0. The van der Waals surface area contributed by atoms with Gasteiger partial charge in [0.2, 0.25) is 5.91 Å². The summed E-state index contributed by atoms with van der Waals surface area (Å²) in [4.78, 5) is 11.5. The van der Waals surface area contributed by atoms with Crippen LogP contribution < -0.4 is 0 Å². The number of nitrogens with zero attached hydrogens (tertiary/aromatic N) is 1. The monoisotopic (exact) mass is 287 g/mol. The molecule has 1 atom stereocenters. The van der Waals surface area contributed by atoms with E-state index in [0.717, 1.165) is 21.0 Å². The van der Waals surface area contributed by atoms with E-state index < -0.39 is 20.7 Å². The van der Waals surface area contributed by atoms with Crippen molar-refractivity contribution < 1.29 is 13.2 Å². The highest BCUT2D eigenvalue weighted by molar-refractivity contribution is 8.12. The van der Waals surface area contributed by atoms with Crippen LogP contribution in [0.3, 0.4) is 0 Å². The fourth-order valence-corrected chi connectivity index (χ4v) is 4.14. The summed E-state index contributed by atoms with van der Waals surface area (Å²) in [6.07, 6.45) is 0.156. The number of benzene rings is 1. The Morgan fingerprint density at radius 2 is 1.94 bits per heavy atom. The molecule has 1 saturated heterocycles. The van der Waals surface area contributed by atoms with Gasteiger partial charge in [-0.1, -0.05) is 23.8 Å². The standard InChI is InChI=1S/C12H14ClNO3S/c1-8-4-5-9(2)10(6-8)12(3)7-11(15)14(12)18(13,16)17/h4-6H,7H2,1-3H3. The van der Waals surface area contributed by atoms with Crippen LogP contribution in [0.1, 0.15) is 30.0 Å². The molecule has 1 amide bonds. The summed E-state index contributed by atoms with van der Waals surface area (Å²) in [6, 6.07) is 5.76. The molecule has 1 aromatic rings.